The van der Waals surface area contributed by atoms with Crippen LogP contribution in [0.2, 0.25) is 0 Å². The van der Waals surface area contributed by atoms with Crippen LogP contribution < -0.4 is 14.7 Å². The maximum atomic E-state index is 12.5. The lowest BCUT2D eigenvalue weighted by Crippen LogP contribution is -2.47. The third-order valence-electron chi connectivity index (χ3n) is 17.2. The van der Waals surface area contributed by atoms with Gasteiger partial charge in [0.05, 0.1) is 12.0 Å². The Labute approximate surface area is 536 Å². The number of carbonyl (C=O) groups excluding carboxylic acids is 3. The van der Waals surface area contributed by atoms with E-state index in [9.17, 15) is 33.0 Å². The Kier molecular flexibility index (Phi) is 28.1. The van der Waals surface area contributed by atoms with Crippen LogP contribution in [0.4, 0.5) is 17.1 Å². The summed E-state index contributed by atoms with van der Waals surface area (Å²) in [7, 11) is -2.37. The van der Waals surface area contributed by atoms with Gasteiger partial charge in [-0.1, -0.05) is 147 Å². The quantitative estimate of drug-likeness (QED) is 0.0701. The van der Waals surface area contributed by atoms with E-state index in [-0.39, 0.29) is 34.7 Å². The van der Waals surface area contributed by atoms with E-state index >= 15 is 0 Å². The number of benzene rings is 7. The van der Waals surface area contributed by atoms with Gasteiger partial charge in [0.15, 0.2) is 0 Å². The fraction of sp³-hybridized carbons (Fsp3) is 0.400. The van der Waals surface area contributed by atoms with Gasteiger partial charge in [0.2, 0.25) is 17.7 Å². The molecule has 7 aromatic rings. The average Bonchev–Trinajstić information content (AvgIpc) is 1.34. The molecule has 0 radical (unpaired) electrons. The molecule has 10 rings (SSSR count). The Hall–Kier alpha value is -7.66. The molecule has 3 aliphatic rings. The number of aromatic hydroxyl groups is 2. The van der Waals surface area contributed by atoms with Crippen molar-refractivity contribution >= 4 is 44.9 Å². The number of hydrogen-bond acceptors (Lipinski definition) is 11. The fourth-order valence-electron chi connectivity index (χ4n) is 12.1. The predicted octanol–water partition coefficient (Wildman–Crippen LogP) is 13.5. The number of anilines is 3. The molecule has 0 bridgehead atoms. The monoisotopic (exact) mass is 1240 g/mol. The Balaban J connectivity index is 0.000000176. The average molecular weight is 1240 g/mol. The van der Waals surface area contributed by atoms with Crippen LogP contribution in [0.15, 0.2) is 193 Å². The molecule has 0 spiro atoms. The van der Waals surface area contributed by atoms with Gasteiger partial charge in [-0.05, 0) is 161 Å². The summed E-state index contributed by atoms with van der Waals surface area (Å²) in [5.74, 6) is 1.30. The molecule has 480 valence electrons. The van der Waals surface area contributed by atoms with E-state index in [0.29, 0.717) is 36.8 Å². The van der Waals surface area contributed by atoms with E-state index in [1.807, 2.05) is 146 Å². The zero-order valence-corrected chi connectivity index (χ0v) is 54.7. The lowest BCUT2D eigenvalue weighted by Gasteiger charge is -2.38. The standard InChI is InChI=1S/C23H30N2O.2C22H28N2O2.C8H10O3S/c1-3-23(26)25(21-10-5-4-6-11-21)22-13-16-24(17-14-22)15-12-20-9-7-8-19(2)18-20;2*1-2-22(26)24(19-8-4-3-5-9-19)20-12-15-23(16-13-20)14-11-18-7-6-10-21(25)17-18;1-7-3-5-8(6-4-7)12(9,10)11-2/h4-11,18,22H,3,12-17H2,1-2H3;2*3-10,17,20,25H,2,11-16H2,1H3;3-6H,1-2H3. The molecule has 3 heterocycles. The lowest BCUT2D eigenvalue weighted by atomic mass is 10.0. The summed E-state index contributed by atoms with van der Waals surface area (Å²) in [5.41, 5.74) is 9.16. The maximum absolute atomic E-state index is 12.5. The van der Waals surface area contributed by atoms with Crippen molar-refractivity contribution in [1.82, 2.24) is 14.7 Å². The van der Waals surface area contributed by atoms with E-state index in [4.69, 9.17) is 0 Å². The summed E-state index contributed by atoms with van der Waals surface area (Å²) in [4.78, 5) is 51.3. The number of phenols is 2. The van der Waals surface area contributed by atoms with Crippen molar-refractivity contribution in [3.8, 4) is 11.5 Å². The number of nitrogens with zero attached hydrogens (tertiary/aromatic N) is 6. The van der Waals surface area contributed by atoms with Gasteiger partial charge in [-0.3, -0.25) is 18.6 Å². The van der Waals surface area contributed by atoms with Gasteiger partial charge in [-0.15, -0.1) is 0 Å². The number of hydrogen-bond donors (Lipinski definition) is 2. The van der Waals surface area contributed by atoms with Crippen LogP contribution in [0, 0.1) is 13.8 Å². The van der Waals surface area contributed by atoms with Gasteiger partial charge in [-0.25, -0.2) is 0 Å². The molecular formula is C75H96N6O8S. The highest BCUT2D eigenvalue weighted by atomic mass is 32.2. The number of phenolic OH excluding ortho intramolecular Hbond substituents is 2. The van der Waals surface area contributed by atoms with Crippen LogP contribution in [-0.2, 0) is 47.9 Å². The topological polar surface area (TPSA) is 154 Å². The summed E-state index contributed by atoms with van der Waals surface area (Å²) in [6, 6.07) is 61.4. The summed E-state index contributed by atoms with van der Waals surface area (Å²) < 4.78 is 26.5. The molecule has 3 fully saturated rings. The number of rotatable bonds is 20. The minimum Gasteiger partial charge on any atom is -0.508 e. The number of para-hydroxylation sites is 3. The molecule has 14 nitrogen and oxygen atoms in total. The normalized spacial score (nSPS) is 15.2. The van der Waals surface area contributed by atoms with Gasteiger partial charge in [0, 0.05) is 113 Å². The van der Waals surface area contributed by atoms with E-state index in [2.05, 4.69) is 74.3 Å². The van der Waals surface area contributed by atoms with Crippen LogP contribution in [-0.4, -0.2) is 135 Å². The van der Waals surface area contributed by atoms with Gasteiger partial charge in [0.25, 0.3) is 10.1 Å². The molecule has 0 aromatic heterocycles. The minimum absolute atomic E-state index is 0.190. The highest BCUT2D eigenvalue weighted by Crippen LogP contribution is 2.29. The molecule has 90 heavy (non-hydrogen) atoms. The van der Waals surface area contributed by atoms with Crippen molar-refractivity contribution in [2.75, 3.05) is 80.7 Å². The first-order valence-electron chi connectivity index (χ1n) is 32.3. The smallest absolute Gasteiger partial charge is 0.296 e. The predicted molar refractivity (Wildman–Crippen MR) is 365 cm³/mol. The molecule has 3 aliphatic heterocycles. The van der Waals surface area contributed by atoms with Crippen LogP contribution in [0.5, 0.6) is 11.5 Å². The van der Waals surface area contributed by atoms with Crippen LogP contribution in [0.25, 0.3) is 0 Å². The number of amides is 3. The molecule has 7 aromatic carbocycles. The molecule has 15 heteroatoms. The fourth-order valence-corrected chi connectivity index (χ4v) is 12.8. The molecule has 2 N–H and O–H groups in total. The van der Waals surface area contributed by atoms with Crippen molar-refractivity contribution in [1.29, 1.82) is 0 Å². The van der Waals surface area contributed by atoms with Crippen molar-refractivity contribution in [3.63, 3.8) is 0 Å². The second-order valence-electron chi connectivity index (χ2n) is 23.6. The summed E-state index contributed by atoms with van der Waals surface area (Å²) in [6.45, 7) is 19.1. The van der Waals surface area contributed by atoms with Gasteiger partial charge in [-0.2, -0.15) is 8.42 Å². The summed E-state index contributed by atoms with van der Waals surface area (Å²) in [6.07, 6.45) is 10.7. The summed E-state index contributed by atoms with van der Waals surface area (Å²) in [5, 5.41) is 19.2. The highest BCUT2D eigenvalue weighted by molar-refractivity contribution is 7.86. The number of aryl methyl sites for hydroxylation is 2. The third-order valence-corrected chi connectivity index (χ3v) is 18.5. The molecule has 0 saturated carbocycles. The van der Waals surface area contributed by atoms with E-state index in [0.717, 1.165) is 146 Å². The van der Waals surface area contributed by atoms with E-state index < -0.39 is 10.1 Å². The first-order valence-corrected chi connectivity index (χ1v) is 33.8. The zero-order chi connectivity index (χ0) is 64.3. The Morgan fingerprint density at radius 2 is 0.733 bits per heavy atom. The third kappa shape index (κ3) is 21.8. The molecule has 3 amide bonds. The number of carbonyl (C=O) groups is 3. The first-order chi connectivity index (χ1) is 43.6. The Morgan fingerprint density at radius 3 is 1.02 bits per heavy atom. The lowest BCUT2D eigenvalue weighted by molar-refractivity contribution is -0.119. The van der Waals surface area contributed by atoms with Crippen LogP contribution in [0.1, 0.15) is 106 Å². The second-order valence-corrected chi connectivity index (χ2v) is 25.3. The van der Waals surface area contributed by atoms with Gasteiger partial charge >= 0.3 is 0 Å². The molecule has 0 atom stereocenters. The zero-order valence-electron chi connectivity index (χ0n) is 53.9. The SMILES string of the molecule is CCC(=O)N(c1ccccc1)C1CCN(CCc2cccc(C)c2)CC1.CCC(=O)N(c1ccccc1)C1CCN(CCc2cccc(O)c2)CC1.CCC(=O)N(c1ccccc1)C1CCN(CCc2cccc(O)c2)CC1.COS(=O)(=O)c1ccc(C)cc1. The van der Waals surface area contributed by atoms with Crippen molar-refractivity contribution in [2.45, 2.75) is 135 Å². The van der Waals surface area contributed by atoms with Gasteiger partial charge < -0.3 is 39.6 Å². The van der Waals surface area contributed by atoms with Crippen molar-refractivity contribution < 1.29 is 37.2 Å². The minimum atomic E-state index is -3.51. The molecule has 3 saturated heterocycles. The summed E-state index contributed by atoms with van der Waals surface area (Å²) >= 11 is 0. The highest BCUT2D eigenvalue weighted by Gasteiger charge is 2.31. The Bertz CT molecular complexity index is 3070. The largest absolute Gasteiger partial charge is 0.508 e. The Morgan fingerprint density at radius 1 is 0.422 bits per heavy atom. The van der Waals surface area contributed by atoms with Crippen LogP contribution >= 0.6 is 0 Å². The van der Waals surface area contributed by atoms with Crippen LogP contribution in [0.3, 0.4) is 0 Å². The van der Waals surface area contributed by atoms with E-state index in [1.54, 1.807) is 24.3 Å². The van der Waals surface area contributed by atoms with Gasteiger partial charge in [0.1, 0.15) is 11.5 Å². The van der Waals surface area contributed by atoms with Crippen molar-refractivity contribution in [2.24, 2.45) is 0 Å². The number of piperidine rings is 3. The second kappa shape index (κ2) is 36.3. The molecule has 0 unspecified atom stereocenters. The number of likely N-dealkylation sites (tertiary alicyclic amines) is 3. The van der Waals surface area contributed by atoms with E-state index in [1.165, 1.54) is 34.4 Å². The first kappa shape index (κ1) is 69.8. The van der Waals surface area contributed by atoms with Crippen molar-refractivity contribution in [3.05, 3.63) is 216 Å². The maximum Gasteiger partial charge on any atom is 0.296 e. The molecule has 0 aliphatic carbocycles. The molecular weight excluding hydrogens is 1140 g/mol.